The summed E-state index contributed by atoms with van der Waals surface area (Å²) in [6, 6.07) is -0.880. The molecule has 0 aromatic heterocycles. The van der Waals surface area contributed by atoms with Crippen LogP contribution in [0.4, 0.5) is 0 Å². The Morgan fingerprint density at radius 1 is 0.547 bits per heavy atom. The van der Waals surface area contributed by atoms with E-state index in [-0.39, 0.29) is 37.2 Å². The third kappa shape index (κ3) is 37.3. The number of carboxylic acids is 1. The Morgan fingerprint density at radius 2 is 1.02 bits per heavy atom. The number of esters is 1. The van der Waals surface area contributed by atoms with Gasteiger partial charge in [0.2, 0.25) is 17.7 Å². The van der Waals surface area contributed by atoms with Crippen molar-refractivity contribution >= 4 is 29.7 Å². The molecule has 0 saturated heterocycles. The van der Waals surface area contributed by atoms with Crippen molar-refractivity contribution in [3.8, 4) is 0 Å². The summed E-state index contributed by atoms with van der Waals surface area (Å²) in [5.74, 6) is -2.44. The molecule has 0 spiro atoms. The zero-order valence-corrected chi connectivity index (χ0v) is 33.4. The molecule has 14 nitrogen and oxygen atoms in total. The number of amides is 3. The predicted octanol–water partition coefficient (Wildman–Crippen LogP) is 5.24. The SMILES string of the molecule is CCCCCCCCCCCCCCCC(=O)NC(CCC(=O)NCCCOCCOCCOCCCNC(=O)COCC(=O)O)C(=O)OC(C)(C)C. The van der Waals surface area contributed by atoms with Crippen LogP contribution in [0.25, 0.3) is 0 Å². The van der Waals surface area contributed by atoms with E-state index in [1.807, 2.05) is 0 Å². The van der Waals surface area contributed by atoms with Gasteiger partial charge in [0.1, 0.15) is 24.9 Å². The summed E-state index contributed by atoms with van der Waals surface area (Å²) in [6.45, 7) is 10.1. The third-order valence-corrected chi connectivity index (χ3v) is 7.97. The van der Waals surface area contributed by atoms with Gasteiger partial charge in [0.05, 0.1) is 26.4 Å². The van der Waals surface area contributed by atoms with Gasteiger partial charge in [0.15, 0.2) is 0 Å². The van der Waals surface area contributed by atoms with Crippen LogP contribution in [-0.4, -0.2) is 112 Å². The first-order chi connectivity index (χ1) is 25.4. The number of rotatable bonds is 37. The van der Waals surface area contributed by atoms with Crippen molar-refractivity contribution in [1.29, 1.82) is 0 Å². The van der Waals surface area contributed by atoms with Gasteiger partial charge in [-0.05, 0) is 46.5 Å². The molecule has 53 heavy (non-hydrogen) atoms. The Labute approximate surface area is 318 Å². The highest BCUT2D eigenvalue weighted by Crippen LogP contribution is 2.14. The fourth-order valence-corrected chi connectivity index (χ4v) is 5.18. The normalized spacial score (nSPS) is 11.9. The fourth-order valence-electron chi connectivity index (χ4n) is 5.18. The van der Waals surface area contributed by atoms with Crippen LogP contribution in [0.5, 0.6) is 0 Å². The Bertz CT molecular complexity index is 959. The number of hydrogen-bond donors (Lipinski definition) is 4. The lowest BCUT2D eigenvalue weighted by molar-refractivity contribution is -0.159. The van der Waals surface area contributed by atoms with E-state index >= 15 is 0 Å². The second-order valence-electron chi connectivity index (χ2n) is 14.3. The van der Waals surface area contributed by atoms with Crippen LogP contribution in [0.3, 0.4) is 0 Å². The first kappa shape index (κ1) is 50.2. The fraction of sp³-hybridized carbons (Fsp3) is 0.872. The van der Waals surface area contributed by atoms with Gasteiger partial charge in [-0.2, -0.15) is 0 Å². The Balaban J connectivity index is 3.96. The van der Waals surface area contributed by atoms with E-state index in [1.165, 1.54) is 64.2 Å². The van der Waals surface area contributed by atoms with Crippen LogP contribution < -0.4 is 16.0 Å². The zero-order chi connectivity index (χ0) is 39.4. The van der Waals surface area contributed by atoms with Crippen molar-refractivity contribution in [3.05, 3.63) is 0 Å². The summed E-state index contributed by atoms with van der Waals surface area (Å²) in [4.78, 5) is 59.7. The second-order valence-corrected chi connectivity index (χ2v) is 14.3. The average molecular weight is 760 g/mol. The molecule has 0 rings (SSSR count). The van der Waals surface area contributed by atoms with Gasteiger partial charge in [-0.15, -0.1) is 0 Å². The van der Waals surface area contributed by atoms with Crippen molar-refractivity contribution in [2.45, 2.75) is 155 Å². The summed E-state index contributed by atoms with van der Waals surface area (Å²) in [6.07, 6.45) is 17.8. The van der Waals surface area contributed by atoms with Crippen molar-refractivity contribution in [2.75, 3.05) is 65.9 Å². The number of carboxylic acid groups (broad SMARTS) is 1. The number of carbonyl (C=O) groups is 5. The van der Waals surface area contributed by atoms with E-state index in [4.69, 9.17) is 28.8 Å². The molecule has 4 N–H and O–H groups in total. The zero-order valence-electron chi connectivity index (χ0n) is 33.4. The molecule has 3 amide bonds. The van der Waals surface area contributed by atoms with Crippen LogP contribution in [-0.2, 0) is 47.7 Å². The van der Waals surface area contributed by atoms with Crippen LogP contribution >= 0.6 is 0 Å². The third-order valence-electron chi connectivity index (χ3n) is 7.97. The van der Waals surface area contributed by atoms with Crippen LogP contribution in [0.1, 0.15) is 143 Å². The molecule has 0 aliphatic carbocycles. The number of carbonyl (C=O) groups excluding carboxylic acids is 4. The highest BCUT2D eigenvalue weighted by Gasteiger charge is 2.27. The summed E-state index contributed by atoms with van der Waals surface area (Å²) < 4.78 is 26.6. The molecule has 1 atom stereocenters. The molecule has 1 unspecified atom stereocenters. The van der Waals surface area contributed by atoms with Gasteiger partial charge in [-0.1, -0.05) is 84.0 Å². The second kappa shape index (κ2) is 34.9. The molecule has 0 aromatic rings. The Kier molecular flexibility index (Phi) is 33.1. The Morgan fingerprint density at radius 3 is 1.51 bits per heavy atom. The van der Waals surface area contributed by atoms with Crippen molar-refractivity contribution in [1.82, 2.24) is 16.0 Å². The molecule has 0 aromatic carbocycles. The predicted molar refractivity (Wildman–Crippen MR) is 203 cm³/mol. The molecule has 14 heteroatoms. The van der Waals surface area contributed by atoms with Crippen LogP contribution in [0.15, 0.2) is 0 Å². The summed E-state index contributed by atoms with van der Waals surface area (Å²) in [5, 5.41) is 16.7. The quantitative estimate of drug-likeness (QED) is 0.0479. The first-order valence-corrected chi connectivity index (χ1v) is 20.0. The smallest absolute Gasteiger partial charge is 0.329 e. The van der Waals surface area contributed by atoms with Gasteiger partial charge < -0.3 is 44.7 Å². The molecule has 0 radical (unpaired) electrons. The van der Waals surface area contributed by atoms with Crippen molar-refractivity contribution < 1.29 is 52.8 Å². The van der Waals surface area contributed by atoms with E-state index in [1.54, 1.807) is 20.8 Å². The minimum atomic E-state index is -1.13. The minimum Gasteiger partial charge on any atom is -0.480 e. The lowest BCUT2D eigenvalue weighted by Crippen LogP contribution is -2.44. The van der Waals surface area contributed by atoms with Gasteiger partial charge >= 0.3 is 11.9 Å². The number of hydrogen-bond acceptors (Lipinski definition) is 10. The van der Waals surface area contributed by atoms with E-state index in [9.17, 15) is 24.0 Å². The number of nitrogens with one attached hydrogen (secondary N) is 3. The molecule has 310 valence electrons. The van der Waals surface area contributed by atoms with Gasteiger partial charge in [-0.25, -0.2) is 9.59 Å². The molecule has 0 fully saturated rings. The number of aliphatic carboxylic acids is 1. The van der Waals surface area contributed by atoms with E-state index < -0.39 is 30.2 Å². The van der Waals surface area contributed by atoms with E-state index in [0.717, 1.165) is 19.3 Å². The van der Waals surface area contributed by atoms with Gasteiger partial charge in [-0.3, -0.25) is 14.4 Å². The Hall–Kier alpha value is -2.81. The van der Waals surface area contributed by atoms with Crippen molar-refractivity contribution in [3.63, 3.8) is 0 Å². The van der Waals surface area contributed by atoms with Gasteiger partial charge in [0, 0.05) is 39.1 Å². The monoisotopic (exact) mass is 760 g/mol. The largest absolute Gasteiger partial charge is 0.480 e. The average Bonchev–Trinajstić information content (AvgIpc) is 3.09. The van der Waals surface area contributed by atoms with Gasteiger partial charge in [0.25, 0.3) is 0 Å². The summed E-state index contributed by atoms with van der Waals surface area (Å²) >= 11 is 0. The molecular formula is C39H73N3O11. The molecule has 0 saturated carbocycles. The highest BCUT2D eigenvalue weighted by atomic mass is 16.6. The maximum atomic E-state index is 12.8. The molecule has 0 aliphatic rings. The minimum absolute atomic E-state index is 0.0812. The molecular weight excluding hydrogens is 686 g/mol. The molecule has 0 bridgehead atoms. The highest BCUT2D eigenvalue weighted by molar-refractivity contribution is 5.85. The maximum Gasteiger partial charge on any atom is 0.329 e. The number of unbranched alkanes of at least 4 members (excludes halogenated alkanes) is 12. The summed E-state index contributed by atoms with van der Waals surface area (Å²) in [5.41, 5.74) is -0.706. The van der Waals surface area contributed by atoms with Crippen molar-refractivity contribution in [2.24, 2.45) is 0 Å². The molecule has 0 aliphatic heterocycles. The lowest BCUT2D eigenvalue weighted by Gasteiger charge is -2.24. The van der Waals surface area contributed by atoms with E-state index in [0.29, 0.717) is 72.0 Å². The van der Waals surface area contributed by atoms with Crippen LogP contribution in [0.2, 0.25) is 0 Å². The topological polar surface area (TPSA) is 188 Å². The maximum absolute atomic E-state index is 12.8. The standard InChI is InChI=1S/C39H73N3O11/c1-5-6-7-8-9-10-11-12-13-14-15-16-17-20-35(44)42-33(38(48)53-39(2,3)4)21-22-34(43)40-23-18-25-49-27-29-51-30-28-50-26-19-24-41-36(45)31-52-32-37(46)47/h33H,5-32H2,1-4H3,(H,40,43)(H,41,45)(H,42,44)(H,46,47). The summed E-state index contributed by atoms with van der Waals surface area (Å²) in [7, 11) is 0. The van der Waals surface area contributed by atoms with E-state index in [2.05, 4.69) is 22.9 Å². The number of ether oxygens (including phenoxy) is 5. The first-order valence-electron chi connectivity index (χ1n) is 20.0. The lowest BCUT2D eigenvalue weighted by atomic mass is 10.0. The van der Waals surface area contributed by atoms with Crippen LogP contribution in [0, 0.1) is 0 Å². The molecule has 0 heterocycles.